The summed E-state index contributed by atoms with van der Waals surface area (Å²) in [5.41, 5.74) is 11.3. The van der Waals surface area contributed by atoms with Crippen LogP contribution in [0.3, 0.4) is 0 Å². The van der Waals surface area contributed by atoms with Crippen molar-refractivity contribution in [3.05, 3.63) is 11.6 Å². The van der Waals surface area contributed by atoms with Crippen molar-refractivity contribution in [2.24, 2.45) is 10.7 Å². The number of nitrogen functional groups attached to an aromatic ring is 1. The minimum absolute atomic E-state index is 0.0775. The second-order valence-electron chi connectivity index (χ2n) is 6.24. The summed E-state index contributed by atoms with van der Waals surface area (Å²) < 4.78 is 0.633. The number of amides is 2. The Morgan fingerprint density at radius 3 is 2.68 bits per heavy atom. The van der Waals surface area contributed by atoms with Crippen LogP contribution in [0.2, 0.25) is 0 Å². The fraction of sp³-hybridized carbons (Fsp3) is 0.688. The normalized spacial score (nSPS) is 15.4. The third-order valence-electron chi connectivity index (χ3n) is 4.22. The van der Waals surface area contributed by atoms with E-state index in [9.17, 15) is 10.0 Å². The van der Waals surface area contributed by atoms with Crippen LogP contribution in [0.5, 0.6) is 0 Å². The fourth-order valence-corrected chi connectivity index (χ4v) is 2.82. The maximum absolute atomic E-state index is 12.0. The fourth-order valence-electron chi connectivity index (χ4n) is 2.82. The number of urea groups is 1. The molecule has 0 radical (unpaired) electrons. The SMILES string of the molecule is NCCCCCCNC(=O)N=c1cc(N2CCCCC2)nc(N)n1O. The summed E-state index contributed by atoms with van der Waals surface area (Å²) in [5, 5.41) is 12.7. The molecule has 1 aliphatic heterocycles. The van der Waals surface area contributed by atoms with Crippen molar-refractivity contribution in [3.63, 3.8) is 0 Å². The zero-order chi connectivity index (χ0) is 18.1. The van der Waals surface area contributed by atoms with E-state index in [1.165, 1.54) is 6.42 Å². The highest BCUT2D eigenvalue weighted by Gasteiger charge is 2.14. The monoisotopic (exact) mass is 351 g/mol. The predicted octanol–water partition coefficient (Wildman–Crippen LogP) is 0.822. The average molecular weight is 351 g/mol. The van der Waals surface area contributed by atoms with Gasteiger partial charge in [0.2, 0.25) is 5.95 Å². The molecular weight excluding hydrogens is 322 g/mol. The van der Waals surface area contributed by atoms with Gasteiger partial charge in [-0.05, 0) is 38.6 Å². The summed E-state index contributed by atoms with van der Waals surface area (Å²) in [7, 11) is 0. The first kappa shape index (κ1) is 19.0. The van der Waals surface area contributed by atoms with Gasteiger partial charge in [0.25, 0.3) is 0 Å². The summed E-state index contributed by atoms with van der Waals surface area (Å²) in [6, 6.07) is 1.08. The first-order chi connectivity index (χ1) is 12.1. The van der Waals surface area contributed by atoms with Gasteiger partial charge in [-0.25, -0.2) is 4.79 Å². The van der Waals surface area contributed by atoms with E-state index in [2.05, 4.69) is 20.2 Å². The molecule has 0 bridgehead atoms. The highest BCUT2D eigenvalue weighted by Crippen LogP contribution is 2.16. The quantitative estimate of drug-likeness (QED) is 0.424. The molecule has 1 aliphatic rings. The lowest BCUT2D eigenvalue weighted by Crippen LogP contribution is -2.34. The second-order valence-corrected chi connectivity index (χ2v) is 6.24. The number of hydrogen-bond donors (Lipinski definition) is 4. The van der Waals surface area contributed by atoms with Crippen LogP contribution >= 0.6 is 0 Å². The predicted molar refractivity (Wildman–Crippen MR) is 96.4 cm³/mol. The highest BCUT2D eigenvalue weighted by molar-refractivity contribution is 5.74. The number of aromatic nitrogens is 2. The molecule has 9 nitrogen and oxygen atoms in total. The van der Waals surface area contributed by atoms with E-state index in [1.54, 1.807) is 6.07 Å². The number of carbonyl (C=O) groups is 1. The van der Waals surface area contributed by atoms with Crippen LogP contribution in [-0.4, -0.2) is 47.1 Å². The van der Waals surface area contributed by atoms with E-state index in [0.29, 0.717) is 23.6 Å². The van der Waals surface area contributed by atoms with Gasteiger partial charge >= 0.3 is 6.03 Å². The van der Waals surface area contributed by atoms with Crippen molar-refractivity contribution in [2.45, 2.75) is 44.9 Å². The minimum Gasteiger partial charge on any atom is -0.423 e. The molecule has 0 unspecified atom stereocenters. The summed E-state index contributed by atoms with van der Waals surface area (Å²) >= 11 is 0. The molecule has 25 heavy (non-hydrogen) atoms. The summed E-state index contributed by atoms with van der Waals surface area (Å²) in [5.74, 6) is 0.548. The molecule has 2 rings (SSSR count). The molecule has 0 spiro atoms. The molecule has 0 atom stereocenters. The Kier molecular flexibility index (Phi) is 7.52. The Hall–Kier alpha value is -2.29. The van der Waals surface area contributed by atoms with Gasteiger partial charge in [0.05, 0.1) is 0 Å². The molecular formula is C16H29N7O2. The van der Waals surface area contributed by atoms with Crippen molar-refractivity contribution in [3.8, 4) is 0 Å². The van der Waals surface area contributed by atoms with Crippen molar-refractivity contribution < 1.29 is 10.0 Å². The molecule has 6 N–H and O–H groups in total. The van der Waals surface area contributed by atoms with Gasteiger partial charge in [-0.1, -0.05) is 12.8 Å². The number of anilines is 2. The molecule has 1 aromatic heterocycles. The number of piperidine rings is 1. The number of hydrogen-bond acceptors (Lipinski definition) is 6. The Labute approximate surface area is 147 Å². The van der Waals surface area contributed by atoms with Gasteiger partial charge in [-0.15, -0.1) is 4.73 Å². The summed E-state index contributed by atoms with van der Waals surface area (Å²) in [4.78, 5) is 22.1. The van der Waals surface area contributed by atoms with Crippen molar-refractivity contribution in [2.75, 3.05) is 36.8 Å². The number of rotatable bonds is 7. The van der Waals surface area contributed by atoms with Gasteiger partial charge in [0, 0.05) is 25.7 Å². The number of carbonyl (C=O) groups excluding carboxylic acids is 1. The highest BCUT2D eigenvalue weighted by atomic mass is 16.5. The minimum atomic E-state index is -0.503. The van der Waals surface area contributed by atoms with E-state index in [0.717, 1.165) is 51.6 Å². The lowest BCUT2D eigenvalue weighted by molar-refractivity contribution is 0.174. The molecule has 0 aromatic carbocycles. The van der Waals surface area contributed by atoms with E-state index >= 15 is 0 Å². The van der Waals surface area contributed by atoms with Crippen molar-refractivity contribution in [1.29, 1.82) is 0 Å². The third kappa shape index (κ3) is 5.93. The Bertz CT molecular complexity index is 623. The number of nitrogens with zero attached hydrogens (tertiary/aromatic N) is 4. The van der Waals surface area contributed by atoms with E-state index in [1.807, 2.05) is 0 Å². The van der Waals surface area contributed by atoms with Gasteiger partial charge in [0.1, 0.15) is 5.82 Å². The smallest absolute Gasteiger partial charge is 0.343 e. The van der Waals surface area contributed by atoms with Crippen LogP contribution in [0.15, 0.2) is 11.1 Å². The number of nitrogens with one attached hydrogen (secondary N) is 1. The largest absolute Gasteiger partial charge is 0.423 e. The maximum Gasteiger partial charge on any atom is 0.343 e. The Morgan fingerprint density at radius 1 is 1.24 bits per heavy atom. The van der Waals surface area contributed by atoms with Gasteiger partial charge in [-0.2, -0.15) is 9.98 Å². The third-order valence-corrected chi connectivity index (χ3v) is 4.22. The molecule has 140 valence electrons. The summed E-state index contributed by atoms with van der Waals surface area (Å²) in [6.45, 7) is 3.01. The Morgan fingerprint density at radius 2 is 1.96 bits per heavy atom. The van der Waals surface area contributed by atoms with Crippen LogP contribution in [0, 0.1) is 0 Å². The van der Waals surface area contributed by atoms with Crippen molar-refractivity contribution in [1.82, 2.24) is 15.0 Å². The van der Waals surface area contributed by atoms with Gasteiger partial charge in [0.15, 0.2) is 5.49 Å². The first-order valence-corrected chi connectivity index (χ1v) is 8.98. The van der Waals surface area contributed by atoms with Crippen LogP contribution in [-0.2, 0) is 0 Å². The zero-order valence-electron chi connectivity index (χ0n) is 14.7. The molecule has 1 saturated heterocycles. The standard InChI is InChI=1S/C16H29N7O2/c17-8-4-1-2-5-9-19-16(24)21-14-12-13(20-15(18)23(14)25)22-10-6-3-7-11-22/h12,25H,1-11,17H2,(H2,18,20)(H,19,24). The molecule has 0 aliphatic carbocycles. The van der Waals surface area contributed by atoms with E-state index < -0.39 is 6.03 Å². The summed E-state index contributed by atoms with van der Waals surface area (Å²) in [6.07, 6.45) is 7.32. The van der Waals surface area contributed by atoms with Gasteiger partial charge in [-0.3, -0.25) is 0 Å². The Balaban J connectivity index is 2.00. The van der Waals surface area contributed by atoms with Crippen LogP contribution in [0.1, 0.15) is 44.9 Å². The second kappa shape index (κ2) is 9.87. The van der Waals surface area contributed by atoms with Gasteiger partial charge < -0.3 is 26.9 Å². The number of unbranched alkanes of at least 4 members (excludes halogenated alkanes) is 3. The van der Waals surface area contributed by atoms with E-state index in [-0.39, 0.29) is 11.4 Å². The van der Waals surface area contributed by atoms with Crippen LogP contribution in [0.4, 0.5) is 16.6 Å². The molecule has 2 heterocycles. The first-order valence-electron chi connectivity index (χ1n) is 8.98. The lowest BCUT2D eigenvalue weighted by atomic mass is 10.1. The molecule has 2 amide bonds. The molecule has 1 fully saturated rings. The number of nitrogens with two attached hydrogens (primary N) is 2. The topological polar surface area (TPSA) is 135 Å². The molecule has 9 heteroatoms. The lowest BCUT2D eigenvalue weighted by Gasteiger charge is -2.27. The average Bonchev–Trinajstić information content (AvgIpc) is 2.62. The van der Waals surface area contributed by atoms with Crippen LogP contribution in [0.25, 0.3) is 0 Å². The van der Waals surface area contributed by atoms with Crippen molar-refractivity contribution >= 4 is 17.8 Å². The van der Waals surface area contributed by atoms with Crippen LogP contribution < -0.4 is 27.2 Å². The molecule has 1 aromatic rings. The molecule has 0 saturated carbocycles. The zero-order valence-corrected chi connectivity index (χ0v) is 14.7. The maximum atomic E-state index is 12.0. The van der Waals surface area contributed by atoms with E-state index in [4.69, 9.17) is 11.5 Å².